The molecule has 0 bridgehead atoms. The normalized spacial score (nSPS) is 16.5. The molecule has 1 heterocycles. The monoisotopic (exact) mass is 450 g/mol. The summed E-state index contributed by atoms with van der Waals surface area (Å²) in [6, 6.07) is 8.99. The number of carbonyl (C=O) groups excluding carboxylic acids is 1. The van der Waals surface area contributed by atoms with Gasteiger partial charge in [0, 0.05) is 6.04 Å². The minimum atomic E-state index is -3.79. The Morgan fingerprint density at radius 2 is 1.97 bits per heavy atom. The Kier molecular flexibility index (Phi) is 5.67. The fourth-order valence-corrected chi connectivity index (χ4v) is 4.98. The van der Waals surface area contributed by atoms with Crippen molar-refractivity contribution in [1.82, 2.24) is 4.72 Å². The van der Waals surface area contributed by atoms with E-state index in [1.807, 2.05) is 0 Å². The Labute approximate surface area is 178 Å². The van der Waals surface area contributed by atoms with Crippen LogP contribution in [0.3, 0.4) is 0 Å². The molecule has 0 aromatic heterocycles. The van der Waals surface area contributed by atoms with Crippen molar-refractivity contribution in [3.05, 3.63) is 58.0 Å². The van der Waals surface area contributed by atoms with Crippen LogP contribution in [0, 0.1) is 0 Å². The second-order valence-electron chi connectivity index (χ2n) is 7.29. The van der Waals surface area contributed by atoms with Gasteiger partial charge in [0.1, 0.15) is 11.5 Å². The molecular formula is C21H20F2N2O5S. The van der Waals surface area contributed by atoms with Crippen LogP contribution >= 0.6 is 0 Å². The summed E-state index contributed by atoms with van der Waals surface area (Å²) >= 11 is 0. The third-order valence-electron chi connectivity index (χ3n) is 5.11. The highest BCUT2D eigenvalue weighted by Crippen LogP contribution is 2.33. The number of ether oxygens (including phenoxy) is 2. The van der Waals surface area contributed by atoms with Crippen molar-refractivity contribution in [2.75, 3.05) is 11.9 Å². The molecule has 0 fully saturated rings. The number of hydrogen-bond donors (Lipinski definition) is 2. The molecule has 1 aliphatic carbocycles. The maximum atomic E-state index is 12.9. The Balaban J connectivity index is 1.52. The Morgan fingerprint density at radius 1 is 1.16 bits per heavy atom. The van der Waals surface area contributed by atoms with Gasteiger partial charge in [0.2, 0.25) is 10.0 Å². The number of nitrogens with one attached hydrogen (secondary N) is 2. The van der Waals surface area contributed by atoms with E-state index in [2.05, 4.69) is 14.8 Å². The lowest BCUT2D eigenvalue weighted by molar-refractivity contribution is -0.118. The standard InChI is InChI=1S/C21H20F2N2O5S/c1-12(13-4-7-19-18(10-13)24-20(26)11-29-19)25-31(27,28)17-6-3-14-8-16(30-21(22)23)5-2-15(14)9-17/h2,4-5,7-10,12,21,25H,3,6,11H2,1H3,(H,24,26). The topological polar surface area (TPSA) is 93.7 Å². The van der Waals surface area contributed by atoms with E-state index in [0.29, 0.717) is 29.0 Å². The van der Waals surface area contributed by atoms with Gasteiger partial charge in [-0.2, -0.15) is 8.78 Å². The molecule has 4 rings (SSSR count). The average Bonchev–Trinajstić information content (AvgIpc) is 2.72. The second kappa shape index (κ2) is 8.27. The number of alkyl halides is 2. The largest absolute Gasteiger partial charge is 0.482 e. The predicted molar refractivity (Wildman–Crippen MR) is 110 cm³/mol. The first-order valence-electron chi connectivity index (χ1n) is 9.58. The van der Waals surface area contributed by atoms with Crippen molar-refractivity contribution < 1.29 is 31.5 Å². The summed E-state index contributed by atoms with van der Waals surface area (Å²) < 4.78 is 63.0. The van der Waals surface area contributed by atoms with Gasteiger partial charge in [-0.1, -0.05) is 12.1 Å². The number of benzene rings is 2. The van der Waals surface area contributed by atoms with Gasteiger partial charge in [-0.15, -0.1) is 0 Å². The van der Waals surface area contributed by atoms with E-state index < -0.39 is 22.7 Å². The Hall–Kier alpha value is -2.98. The van der Waals surface area contributed by atoms with Gasteiger partial charge in [-0.25, -0.2) is 13.1 Å². The minimum Gasteiger partial charge on any atom is -0.482 e. The van der Waals surface area contributed by atoms with Gasteiger partial charge in [0.25, 0.3) is 5.91 Å². The summed E-state index contributed by atoms with van der Waals surface area (Å²) in [4.78, 5) is 11.7. The number of hydrogen-bond acceptors (Lipinski definition) is 5. The van der Waals surface area contributed by atoms with Crippen molar-refractivity contribution in [1.29, 1.82) is 0 Å². The summed E-state index contributed by atoms with van der Waals surface area (Å²) in [5.74, 6) is 0.301. The lowest BCUT2D eigenvalue weighted by atomic mass is 9.97. The number of anilines is 1. The van der Waals surface area contributed by atoms with Gasteiger partial charge in [-0.3, -0.25) is 4.79 Å². The first-order valence-corrected chi connectivity index (χ1v) is 11.1. The molecule has 164 valence electrons. The molecule has 1 amide bonds. The quantitative estimate of drug-likeness (QED) is 0.702. The number of aryl methyl sites for hydroxylation is 1. The first kappa shape index (κ1) is 21.3. The first-order chi connectivity index (χ1) is 14.7. The van der Waals surface area contributed by atoms with E-state index in [0.717, 1.165) is 5.56 Å². The highest BCUT2D eigenvalue weighted by molar-refractivity contribution is 7.93. The van der Waals surface area contributed by atoms with Crippen LogP contribution in [0.1, 0.15) is 36.1 Å². The van der Waals surface area contributed by atoms with Crippen LogP contribution in [0.5, 0.6) is 11.5 Å². The summed E-state index contributed by atoms with van der Waals surface area (Å²) in [6.07, 6.45) is 2.17. The third kappa shape index (κ3) is 4.70. The molecule has 1 unspecified atom stereocenters. The zero-order valence-electron chi connectivity index (χ0n) is 16.5. The number of carbonyl (C=O) groups is 1. The van der Waals surface area contributed by atoms with Gasteiger partial charge in [-0.05, 0) is 66.8 Å². The maximum absolute atomic E-state index is 12.9. The summed E-state index contributed by atoms with van der Waals surface area (Å²) in [5, 5.41) is 2.70. The number of halogens is 2. The summed E-state index contributed by atoms with van der Waals surface area (Å²) in [7, 11) is -3.79. The summed E-state index contributed by atoms with van der Waals surface area (Å²) in [6.45, 7) is -1.27. The third-order valence-corrected chi connectivity index (χ3v) is 6.79. The van der Waals surface area contributed by atoms with E-state index in [1.165, 1.54) is 12.1 Å². The molecule has 0 saturated heterocycles. The average molecular weight is 450 g/mol. The molecule has 0 spiro atoms. The zero-order chi connectivity index (χ0) is 22.2. The molecule has 0 radical (unpaired) electrons. The molecule has 1 aliphatic heterocycles. The Morgan fingerprint density at radius 3 is 2.74 bits per heavy atom. The van der Waals surface area contributed by atoms with E-state index >= 15 is 0 Å². The second-order valence-corrected chi connectivity index (χ2v) is 9.05. The highest BCUT2D eigenvalue weighted by atomic mass is 32.2. The fraction of sp³-hybridized carbons (Fsp3) is 0.286. The molecule has 2 aromatic rings. The Bertz CT molecular complexity index is 1160. The number of amides is 1. The molecule has 2 N–H and O–H groups in total. The highest BCUT2D eigenvalue weighted by Gasteiger charge is 2.25. The van der Waals surface area contributed by atoms with Crippen LogP contribution in [-0.2, 0) is 21.2 Å². The van der Waals surface area contributed by atoms with Crippen molar-refractivity contribution in [3.63, 3.8) is 0 Å². The van der Waals surface area contributed by atoms with Crippen LogP contribution in [0.4, 0.5) is 14.5 Å². The molecule has 2 aliphatic rings. The van der Waals surface area contributed by atoms with Crippen LogP contribution in [0.15, 0.2) is 41.3 Å². The smallest absolute Gasteiger partial charge is 0.387 e. The minimum absolute atomic E-state index is 0.0451. The van der Waals surface area contributed by atoms with Crippen molar-refractivity contribution >= 4 is 27.7 Å². The van der Waals surface area contributed by atoms with Crippen molar-refractivity contribution in [2.24, 2.45) is 0 Å². The van der Waals surface area contributed by atoms with Crippen molar-refractivity contribution in [2.45, 2.75) is 32.4 Å². The van der Waals surface area contributed by atoms with E-state index in [9.17, 15) is 22.0 Å². The number of sulfonamides is 1. The summed E-state index contributed by atoms with van der Waals surface area (Å²) in [5.41, 5.74) is 2.55. The van der Waals surface area contributed by atoms with Gasteiger partial charge in [0.15, 0.2) is 6.61 Å². The SMILES string of the molecule is CC(NS(=O)(=O)C1=Cc2ccc(OC(F)F)cc2CC1)c1ccc2c(c1)NC(=O)CO2. The molecule has 7 nitrogen and oxygen atoms in total. The van der Waals surface area contributed by atoms with E-state index in [-0.39, 0.29) is 29.6 Å². The van der Waals surface area contributed by atoms with Crippen LogP contribution < -0.4 is 19.5 Å². The lowest BCUT2D eigenvalue weighted by Gasteiger charge is -2.22. The number of allylic oxidation sites excluding steroid dienone is 1. The predicted octanol–water partition coefficient (Wildman–Crippen LogP) is 3.59. The van der Waals surface area contributed by atoms with Gasteiger partial charge < -0.3 is 14.8 Å². The van der Waals surface area contributed by atoms with Crippen molar-refractivity contribution in [3.8, 4) is 11.5 Å². The van der Waals surface area contributed by atoms with Gasteiger partial charge >= 0.3 is 6.61 Å². The van der Waals surface area contributed by atoms with Crippen LogP contribution in [-0.4, -0.2) is 27.5 Å². The molecule has 10 heteroatoms. The fourth-order valence-electron chi connectivity index (χ4n) is 3.58. The van der Waals surface area contributed by atoms with Crippen LogP contribution in [0.25, 0.3) is 6.08 Å². The zero-order valence-corrected chi connectivity index (χ0v) is 17.3. The molecular weight excluding hydrogens is 430 g/mol. The molecule has 1 atom stereocenters. The van der Waals surface area contributed by atoms with E-state index in [4.69, 9.17) is 4.74 Å². The number of fused-ring (bicyclic) bond motifs is 2. The molecule has 31 heavy (non-hydrogen) atoms. The lowest BCUT2D eigenvalue weighted by Crippen LogP contribution is -2.29. The molecule has 0 saturated carbocycles. The molecule has 2 aromatic carbocycles. The van der Waals surface area contributed by atoms with Gasteiger partial charge in [0.05, 0.1) is 10.6 Å². The number of rotatable bonds is 6. The van der Waals surface area contributed by atoms with E-state index in [1.54, 1.807) is 37.3 Å². The van der Waals surface area contributed by atoms with Crippen LogP contribution in [0.2, 0.25) is 0 Å². The maximum Gasteiger partial charge on any atom is 0.387 e.